The lowest BCUT2D eigenvalue weighted by atomic mass is 9.99. The van der Waals surface area contributed by atoms with Gasteiger partial charge < -0.3 is 4.90 Å². The topological polar surface area (TPSA) is 38.1 Å². The third-order valence-electron chi connectivity index (χ3n) is 6.86. The van der Waals surface area contributed by atoms with Crippen molar-refractivity contribution < 1.29 is 4.79 Å². The Morgan fingerprint density at radius 1 is 0.861 bits per heavy atom. The number of aromatic nitrogens is 2. The van der Waals surface area contributed by atoms with Crippen LogP contribution >= 0.6 is 11.8 Å². The summed E-state index contributed by atoms with van der Waals surface area (Å²) in [5.74, 6) is 1.88. The Labute approximate surface area is 218 Å². The normalized spacial score (nSPS) is 14.2. The van der Waals surface area contributed by atoms with E-state index in [2.05, 4.69) is 89.2 Å². The van der Waals surface area contributed by atoms with Crippen molar-refractivity contribution in [3.8, 4) is 28.2 Å². The fourth-order valence-corrected chi connectivity index (χ4v) is 5.73. The van der Waals surface area contributed by atoms with Crippen LogP contribution in [0.15, 0.2) is 96.2 Å². The van der Waals surface area contributed by atoms with Crippen molar-refractivity contribution in [3.63, 3.8) is 0 Å². The van der Waals surface area contributed by atoms with E-state index in [-0.39, 0.29) is 0 Å². The van der Waals surface area contributed by atoms with Crippen LogP contribution in [0, 0.1) is 5.92 Å². The number of carbonyl (C=O) groups is 1. The molecule has 184 valence electrons. The highest BCUT2D eigenvalue weighted by molar-refractivity contribution is 7.99. The van der Waals surface area contributed by atoms with Gasteiger partial charge >= 0.3 is 0 Å². The Bertz CT molecular complexity index is 1260. The molecule has 3 aromatic carbocycles. The number of piperidine rings is 1. The number of likely N-dealkylation sites (tertiary alicyclic amines) is 1. The van der Waals surface area contributed by atoms with Crippen molar-refractivity contribution in [3.05, 3.63) is 91.0 Å². The monoisotopic (exact) mass is 495 g/mol. The Morgan fingerprint density at radius 3 is 2.08 bits per heavy atom. The maximum Gasteiger partial charge on any atom is 0.222 e. The number of imidazole rings is 1. The van der Waals surface area contributed by atoms with Crippen molar-refractivity contribution in [2.75, 3.05) is 18.8 Å². The summed E-state index contributed by atoms with van der Waals surface area (Å²) in [5.41, 5.74) is 5.39. The Morgan fingerprint density at radius 2 is 1.44 bits per heavy atom. The van der Waals surface area contributed by atoms with Crippen LogP contribution in [-0.4, -0.2) is 39.2 Å². The molecule has 0 N–H and O–H groups in total. The summed E-state index contributed by atoms with van der Waals surface area (Å²) in [7, 11) is 0. The van der Waals surface area contributed by atoms with Gasteiger partial charge in [0, 0.05) is 42.1 Å². The minimum atomic E-state index is 0.295. The van der Waals surface area contributed by atoms with Crippen LogP contribution in [0.2, 0.25) is 0 Å². The zero-order valence-electron chi connectivity index (χ0n) is 20.8. The fourth-order valence-electron chi connectivity index (χ4n) is 4.78. The Balaban J connectivity index is 1.43. The highest BCUT2D eigenvalue weighted by atomic mass is 32.2. The zero-order chi connectivity index (χ0) is 24.7. The molecular weight excluding hydrogens is 462 g/mol. The van der Waals surface area contributed by atoms with Crippen LogP contribution in [0.25, 0.3) is 28.2 Å². The molecule has 5 rings (SSSR count). The van der Waals surface area contributed by atoms with Crippen LogP contribution in [0.3, 0.4) is 0 Å². The highest BCUT2D eigenvalue weighted by Gasteiger charge is 2.22. The second kappa shape index (κ2) is 11.6. The summed E-state index contributed by atoms with van der Waals surface area (Å²) < 4.78 is 2.27. The number of carbonyl (C=O) groups excluding carboxylic acids is 1. The number of para-hydroxylation sites is 1. The van der Waals surface area contributed by atoms with E-state index in [1.807, 2.05) is 18.2 Å². The first kappa shape index (κ1) is 24.4. The molecule has 0 unspecified atom stereocenters. The molecule has 1 saturated heterocycles. The van der Waals surface area contributed by atoms with E-state index in [0.29, 0.717) is 12.3 Å². The lowest BCUT2D eigenvalue weighted by Crippen LogP contribution is -2.37. The summed E-state index contributed by atoms with van der Waals surface area (Å²) >= 11 is 1.74. The molecule has 0 spiro atoms. The van der Waals surface area contributed by atoms with E-state index in [9.17, 15) is 4.79 Å². The summed E-state index contributed by atoms with van der Waals surface area (Å²) in [4.78, 5) is 20.0. The Hall–Kier alpha value is -3.31. The summed E-state index contributed by atoms with van der Waals surface area (Å²) in [5, 5.41) is 0.957. The molecule has 0 saturated carbocycles. The molecule has 36 heavy (non-hydrogen) atoms. The predicted octanol–water partition coefficient (Wildman–Crippen LogP) is 7.34. The van der Waals surface area contributed by atoms with Gasteiger partial charge in [0.25, 0.3) is 0 Å². The number of benzene rings is 3. The van der Waals surface area contributed by atoms with Crippen LogP contribution in [0.1, 0.15) is 32.6 Å². The number of hydrogen-bond donors (Lipinski definition) is 0. The second-order valence-electron chi connectivity index (χ2n) is 9.51. The van der Waals surface area contributed by atoms with Crippen molar-refractivity contribution in [1.29, 1.82) is 0 Å². The molecule has 4 aromatic rings. The van der Waals surface area contributed by atoms with Gasteiger partial charge in [-0.3, -0.25) is 9.36 Å². The van der Waals surface area contributed by atoms with Gasteiger partial charge in [-0.15, -0.1) is 0 Å². The van der Waals surface area contributed by atoms with E-state index in [1.54, 1.807) is 11.8 Å². The third kappa shape index (κ3) is 5.57. The van der Waals surface area contributed by atoms with E-state index in [1.165, 1.54) is 0 Å². The predicted molar refractivity (Wildman–Crippen MR) is 149 cm³/mol. The van der Waals surface area contributed by atoms with E-state index in [4.69, 9.17) is 4.98 Å². The average molecular weight is 496 g/mol. The summed E-state index contributed by atoms with van der Waals surface area (Å²) in [6.45, 7) is 4.10. The van der Waals surface area contributed by atoms with Crippen LogP contribution < -0.4 is 0 Å². The number of thioether (sulfide) groups is 1. The zero-order valence-corrected chi connectivity index (χ0v) is 21.7. The van der Waals surface area contributed by atoms with Crippen LogP contribution in [-0.2, 0) is 4.79 Å². The first-order chi connectivity index (χ1) is 17.7. The molecule has 1 amide bonds. The van der Waals surface area contributed by atoms with Gasteiger partial charge in [-0.25, -0.2) is 4.98 Å². The SMILES string of the molecule is CC1CCN(C(=O)CCCSc2nc(-c3ccccc3)c(-c3ccccc3)n2-c2ccccc2)CC1. The third-order valence-corrected chi connectivity index (χ3v) is 7.88. The lowest BCUT2D eigenvalue weighted by Gasteiger charge is -2.30. The van der Waals surface area contributed by atoms with Crippen molar-refractivity contribution in [2.24, 2.45) is 5.92 Å². The van der Waals surface area contributed by atoms with E-state index >= 15 is 0 Å². The molecule has 0 atom stereocenters. The molecular formula is C31H33N3OS. The number of nitrogens with zero attached hydrogens (tertiary/aromatic N) is 3. The molecule has 4 nitrogen and oxygen atoms in total. The Kier molecular flexibility index (Phi) is 7.87. The summed E-state index contributed by atoms with van der Waals surface area (Å²) in [6.07, 6.45) is 3.70. The molecule has 1 fully saturated rings. The van der Waals surface area contributed by atoms with E-state index < -0.39 is 0 Å². The molecule has 1 aliphatic heterocycles. The van der Waals surface area contributed by atoms with Crippen molar-refractivity contribution in [1.82, 2.24) is 14.5 Å². The highest BCUT2D eigenvalue weighted by Crippen LogP contribution is 2.38. The van der Waals surface area contributed by atoms with E-state index in [0.717, 1.165) is 77.4 Å². The number of rotatable bonds is 8. The maximum atomic E-state index is 12.7. The average Bonchev–Trinajstić information content (AvgIpc) is 3.32. The maximum absolute atomic E-state index is 12.7. The minimum Gasteiger partial charge on any atom is -0.343 e. The van der Waals surface area contributed by atoms with Crippen LogP contribution in [0.4, 0.5) is 0 Å². The van der Waals surface area contributed by atoms with Crippen molar-refractivity contribution in [2.45, 2.75) is 37.8 Å². The van der Waals surface area contributed by atoms with Crippen molar-refractivity contribution >= 4 is 17.7 Å². The molecule has 1 aromatic heterocycles. The molecule has 0 bridgehead atoms. The second-order valence-corrected chi connectivity index (χ2v) is 10.6. The fraction of sp³-hybridized carbons (Fsp3) is 0.290. The van der Waals surface area contributed by atoms with Gasteiger partial charge in [0.05, 0.1) is 11.4 Å². The number of amides is 1. The molecule has 0 radical (unpaired) electrons. The largest absolute Gasteiger partial charge is 0.343 e. The smallest absolute Gasteiger partial charge is 0.222 e. The molecule has 0 aliphatic carbocycles. The first-order valence-electron chi connectivity index (χ1n) is 12.9. The molecule has 2 heterocycles. The lowest BCUT2D eigenvalue weighted by molar-refractivity contribution is -0.132. The van der Waals surface area contributed by atoms with Gasteiger partial charge in [0.15, 0.2) is 5.16 Å². The minimum absolute atomic E-state index is 0.295. The van der Waals surface area contributed by atoms with Crippen LogP contribution in [0.5, 0.6) is 0 Å². The standard InChI is InChI=1S/C31H33N3OS/c1-24-19-21-33(22-20-24)28(35)18-11-23-36-31-32-29(25-12-5-2-6-13-25)30(26-14-7-3-8-15-26)34(31)27-16-9-4-10-17-27/h2-10,12-17,24H,11,18-23H2,1H3. The van der Waals surface area contributed by atoms with Gasteiger partial charge in [0.2, 0.25) is 5.91 Å². The molecule has 1 aliphatic rings. The van der Waals surface area contributed by atoms with Gasteiger partial charge in [-0.05, 0) is 37.3 Å². The van der Waals surface area contributed by atoms with Gasteiger partial charge in [-0.1, -0.05) is 97.5 Å². The first-order valence-corrected chi connectivity index (χ1v) is 13.9. The van der Waals surface area contributed by atoms with Gasteiger partial charge in [0.1, 0.15) is 0 Å². The quantitative estimate of drug-likeness (QED) is 0.190. The molecule has 5 heteroatoms. The summed E-state index contributed by atoms with van der Waals surface area (Å²) in [6, 6.07) is 31.3. The number of hydrogen-bond acceptors (Lipinski definition) is 3. The van der Waals surface area contributed by atoms with Gasteiger partial charge in [-0.2, -0.15) is 0 Å².